The molecule has 2 atom stereocenters. The van der Waals surface area contributed by atoms with Gasteiger partial charge in [-0.1, -0.05) is 0 Å². The van der Waals surface area contributed by atoms with Gasteiger partial charge in [-0.25, -0.2) is 0 Å². The molecule has 1 aliphatic carbocycles. The lowest BCUT2D eigenvalue weighted by molar-refractivity contribution is -0.147. The molecule has 0 radical (unpaired) electrons. The summed E-state index contributed by atoms with van der Waals surface area (Å²) >= 11 is 0. The molecule has 0 amide bonds. The first kappa shape index (κ1) is 15.4. The molecule has 1 saturated carbocycles. The number of hydrogen-bond donors (Lipinski definition) is 1. The van der Waals surface area contributed by atoms with Gasteiger partial charge in [-0.05, 0) is 33.1 Å². The van der Waals surface area contributed by atoms with E-state index in [0.29, 0.717) is 31.5 Å². The summed E-state index contributed by atoms with van der Waals surface area (Å²) in [4.78, 5) is 14.1. The van der Waals surface area contributed by atoms with Gasteiger partial charge in [0.15, 0.2) is 0 Å². The number of carbonyl (C=O) groups is 1. The third-order valence-electron chi connectivity index (χ3n) is 3.80. The summed E-state index contributed by atoms with van der Waals surface area (Å²) in [6.45, 7) is 5.88. The second kappa shape index (κ2) is 6.50. The van der Waals surface area contributed by atoms with Crippen molar-refractivity contribution in [2.24, 2.45) is 5.73 Å². The molecule has 1 aliphatic rings. The summed E-state index contributed by atoms with van der Waals surface area (Å²) in [5.41, 5.74) is 5.33. The number of nitrogens with two attached hydrogens (primary N) is 1. The van der Waals surface area contributed by atoms with Crippen LogP contribution >= 0.6 is 0 Å². The van der Waals surface area contributed by atoms with Gasteiger partial charge in [-0.2, -0.15) is 0 Å². The van der Waals surface area contributed by atoms with Crippen molar-refractivity contribution in [1.29, 1.82) is 0 Å². The zero-order valence-corrected chi connectivity index (χ0v) is 11.9. The maximum Gasteiger partial charge on any atom is 0.325 e. The molecule has 5 nitrogen and oxygen atoms in total. The van der Waals surface area contributed by atoms with Crippen molar-refractivity contribution in [3.05, 3.63) is 0 Å². The lowest BCUT2D eigenvalue weighted by Crippen LogP contribution is -2.49. The van der Waals surface area contributed by atoms with Gasteiger partial charge in [0.05, 0.1) is 13.7 Å². The van der Waals surface area contributed by atoms with Crippen molar-refractivity contribution in [1.82, 2.24) is 4.90 Å². The first-order chi connectivity index (χ1) is 8.44. The molecule has 0 saturated heterocycles. The minimum atomic E-state index is -0.806. The van der Waals surface area contributed by atoms with Crippen molar-refractivity contribution >= 4 is 5.97 Å². The van der Waals surface area contributed by atoms with E-state index in [0.717, 1.165) is 13.0 Å². The van der Waals surface area contributed by atoms with Gasteiger partial charge in [0.25, 0.3) is 0 Å². The van der Waals surface area contributed by atoms with Crippen LogP contribution in [0.25, 0.3) is 0 Å². The first-order valence-corrected chi connectivity index (χ1v) is 6.56. The Morgan fingerprint density at radius 1 is 1.50 bits per heavy atom. The van der Waals surface area contributed by atoms with Crippen LogP contribution in [-0.2, 0) is 14.3 Å². The summed E-state index contributed by atoms with van der Waals surface area (Å²) in [7, 11) is 3.10. The Hall–Kier alpha value is -0.650. The zero-order chi connectivity index (χ0) is 13.8. The number of carbonyl (C=O) groups excluding carboxylic acids is 1. The van der Waals surface area contributed by atoms with Gasteiger partial charge >= 0.3 is 5.97 Å². The van der Waals surface area contributed by atoms with E-state index in [1.54, 1.807) is 7.11 Å². The van der Waals surface area contributed by atoms with Crippen molar-refractivity contribution in [2.45, 2.75) is 50.7 Å². The summed E-state index contributed by atoms with van der Waals surface area (Å²) in [5.74, 6) is -0.291. The average Bonchev–Trinajstić information content (AvgIpc) is 2.72. The van der Waals surface area contributed by atoms with E-state index in [9.17, 15) is 4.79 Å². The lowest BCUT2D eigenvalue weighted by atomic mass is 9.99. The summed E-state index contributed by atoms with van der Waals surface area (Å²) < 4.78 is 9.94. The lowest BCUT2D eigenvalue weighted by Gasteiger charge is -2.33. The van der Waals surface area contributed by atoms with E-state index in [-0.39, 0.29) is 5.97 Å². The molecule has 5 heteroatoms. The Morgan fingerprint density at radius 3 is 2.67 bits per heavy atom. The van der Waals surface area contributed by atoms with E-state index >= 15 is 0 Å². The zero-order valence-electron chi connectivity index (χ0n) is 11.9. The van der Waals surface area contributed by atoms with Crippen LogP contribution in [0.4, 0.5) is 0 Å². The largest absolute Gasteiger partial charge is 0.468 e. The third-order valence-corrected chi connectivity index (χ3v) is 3.80. The van der Waals surface area contributed by atoms with Crippen molar-refractivity contribution in [3.63, 3.8) is 0 Å². The van der Waals surface area contributed by atoms with Crippen LogP contribution in [0.5, 0.6) is 0 Å². The number of esters is 1. The fourth-order valence-corrected chi connectivity index (χ4v) is 2.78. The number of hydrogen-bond acceptors (Lipinski definition) is 5. The average molecular weight is 258 g/mol. The number of rotatable bonds is 6. The number of methoxy groups -OCH3 is 2. The van der Waals surface area contributed by atoms with E-state index in [2.05, 4.69) is 18.7 Å². The Balaban J connectivity index is 2.65. The molecule has 0 aliphatic heterocycles. The quantitative estimate of drug-likeness (QED) is 0.713. The molecule has 0 aromatic heterocycles. The highest BCUT2D eigenvalue weighted by molar-refractivity contribution is 5.81. The molecule has 0 aromatic carbocycles. The van der Waals surface area contributed by atoms with Gasteiger partial charge in [0.1, 0.15) is 5.54 Å². The normalized spacial score (nSPS) is 28.1. The SMILES string of the molecule is COCCN(C(C)C)C1CCC(N)(C(=O)OC)C1. The second-order valence-electron chi connectivity index (χ2n) is 5.37. The van der Waals surface area contributed by atoms with Gasteiger partial charge in [-0.15, -0.1) is 0 Å². The molecule has 2 unspecified atom stereocenters. The van der Waals surface area contributed by atoms with Gasteiger partial charge in [0, 0.05) is 25.7 Å². The minimum Gasteiger partial charge on any atom is -0.468 e. The maximum absolute atomic E-state index is 11.7. The predicted molar refractivity (Wildman–Crippen MR) is 70.3 cm³/mol. The second-order valence-corrected chi connectivity index (χ2v) is 5.37. The molecule has 106 valence electrons. The Kier molecular flexibility index (Phi) is 5.56. The van der Waals surface area contributed by atoms with E-state index in [4.69, 9.17) is 15.2 Å². The highest BCUT2D eigenvalue weighted by Crippen LogP contribution is 2.33. The highest BCUT2D eigenvalue weighted by Gasteiger charge is 2.45. The first-order valence-electron chi connectivity index (χ1n) is 6.56. The van der Waals surface area contributed by atoms with Crippen molar-refractivity contribution in [3.8, 4) is 0 Å². The standard InChI is InChI=1S/C13H26N2O3/c1-10(2)15(7-8-17-3)11-5-6-13(14,9-11)12(16)18-4/h10-11H,5-9,14H2,1-4H3. The molecular formula is C13H26N2O3. The fraction of sp³-hybridized carbons (Fsp3) is 0.923. The summed E-state index contributed by atoms with van der Waals surface area (Å²) in [6, 6.07) is 0.759. The van der Waals surface area contributed by atoms with Crippen LogP contribution in [0.1, 0.15) is 33.1 Å². The van der Waals surface area contributed by atoms with Crippen LogP contribution in [0.15, 0.2) is 0 Å². The molecule has 0 aromatic rings. The van der Waals surface area contributed by atoms with Crippen LogP contribution in [0.3, 0.4) is 0 Å². The maximum atomic E-state index is 11.7. The number of ether oxygens (including phenoxy) is 2. The van der Waals surface area contributed by atoms with Crippen molar-refractivity contribution in [2.75, 3.05) is 27.4 Å². The van der Waals surface area contributed by atoms with E-state index in [1.165, 1.54) is 7.11 Å². The summed E-state index contributed by atoms with van der Waals surface area (Å²) in [6.07, 6.45) is 2.30. The third kappa shape index (κ3) is 3.43. The van der Waals surface area contributed by atoms with Crippen LogP contribution in [0.2, 0.25) is 0 Å². The Morgan fingerprint density at radius 2 is 2.17 bits per heavy atom. The van der Waals surface area contributed by atoms with Crippen LogP contribution in [-0.4, -0.2) is 55.9 Å². The van der Waals surface area contributed by atoms with Gasteiger partial charge in [0.2, 0.25) is 0 Å². The monoisotopic (exact) mass is 258 g/mol. The molecular weight excluding hydrogens is 232 g/mol. The molecule has 1 rings (SSSR count). The summed E-state index contributed by atoms with van der Waals surface area (Å²) in [5, 5.41) is 0. The van der Waals surface area contributed by atoms with Gasteiger partial charge < -0.3 is 15.2 Å². The van der Waals surface area contributed by atoms with Crippen LogP contribution in [0, 0.1) is 0 Å². The Bertz CT molecular complexity index is 283. The fourth-order valence-electron chi connectivity index (χ4n) is 2.78. The van der Waals surface area contributed by atoms with E-state index in [1.807, 2.05) is 0 Å². The molecule has 0 spiro atoms. The van der Waals surface area contributed by atoms with Crippen molar-refractivity contribution < 1.29 is 14.3 Å². The Labute approximate surface area is 110 Å². The molecule has 0 bridgehead atoms. The highest BCUT2D eigenvalue weighted by atomic mass is 16.5. The van der Waals surface area contributed by atoms with Gasteiger partial charge in [-0.3, -0.25) is 9.69 Å². The predicted octanol–water partition coefficient (Wildman–Crippen LogP) is 0.766. The van der Waals surface area contributed by atoms with Crippen LogP contribution < -0.4 is 5.73 Å². The smallest absolute Gasteiger partial charge is 0.325 e. The molecule has 0 heterocycles. The number of nitrogens with zero attached hydrogens (tertiary/aromatic N) is 1. The van der Waals surface area contributed by atoms with E-state index < -0.39 is 5.54 Å². The molecule has 1 fully saturated rings. The topological polar surface area (TPSA) is 64.8 Å². The molecule has 18 heavy (non-hydrogen) atoms. The minimum absolute atomic E-state index is 0.291. The molecule has 2 N–H and O–H groups in total.